The van der Waals surface area contributed by atoms with Crippen molar-refractivity contribution in [2.75, 3.05) is 13.1 Å². The van der Waals surface area contributed by atoms with Gasteiger partial charge in [-0.1, -0.05) is 5.21 Å². The number of piperidine rings is 1. The van der Waals surface area contributed by atoms with Crippen LogP contribution in [-0.2, 0) is 11.3 Å². The highest BCUT2D eigenvalue weighted by Crippen LogP contribution is 2.28. The van der Waals surface area contributed by atoms with Crippen molar-refractivity contribution in [3.05, 3.63) is 11.9 Å². The molecule has 1 unspecified atom stereocenters. The molecule has 128 valence electrons. The minimum absolute atomic E-state index is 0.121. The molecule has 0 saturated carbocycles. The Hall–Kier alpha value is -2.19. The van der Waals surface area contributed by atoms with Gasteiger partial charge in [-0.15, -0.1) is 5.10 Å². The molecule has 1 aliphatic heterocycles. The highest BCUT2D eigenvalue weighted by atomic mass is 19.1. The van der Waals surface area contributed by atoms with Crippen LogP contribution in [0, 0.1) is 0 Å². The summed E-state index contributed by atoms with van der Waals surface area (Å²) in [5.41, 5.74) is -2.58. The number of aromatic nitrogens is 3. The van der Waals surface area contributed by atoms with Gasteiger partial charge in [0.05, 0.1) is 19.3 Å². The SMILES string of the molecule is CC(C)(C)OC(=O)N1CCCC(F)(Cn2cc(C(=O)O)nn2)C1. The molecule has 1 saturated heterocycles. The monoisotopic (exact) mass is 328 g/mol. The topological polar surface area (TPSA) is 97.5 Å². The quantitative estimate of drug-likeness (QED) is 0.907. The summed E-state index contributed by atoms with van der Waals surface area (Å²) >= 11 is 0. The van der Waals surface area contributed by atoms with Crippen LogP contribution in [0.25, 0.3) is 0 Å². The van der Waals surface area contributed by atoms with Gasteiger partial charge in [-0.05, 0) is 33.6 Å². The van der Waals surface area contributed by atoms with Crippen molar-refractivity contribution in [1.82, 2.24) is 19.9 Å². The maximum absolute atomic E-state index is 15.0. The maximum Gasteiger partial charge on any atom is 0.410 e. The van der Waals surface area contributed by atoms with Gasteiger partial charge < -0.3 is 14.7 Å². The molecule has 23 heavy (non-hydrogen) atoms. The number of carbonyl (C=O) groups excluding carboxylic acids is 1. The van der Waals surface area contributed by atoms with Crippen molar-refractivity contribution < 1.29 is 23.8 Å². The van der Waals surface area contributed by atoms with Crippen LogP contribution < -0.4 is 0 Å². The smallest absolute Gasteiger partial charge is 0.410 e. The first kappa shape index (κ1) is 17.2. The van der Waals surface area contributed by atoms with E-state index in [0.29, 0.717) is 13.0 Å². The van der Waals surface area contributed by atoms with E-state index in [1.54, 1.807) is 20.8 Å². The van der Waals surface area contributed by atoms with Crippen LogP contribution in [0.2, 0.25) is 0 Å². The number of alkyl halides is 1. The summed E-state index contributed by atoms with van der Waals surface area (Å²) in [6, 6.07) is 0. The van der Waals surface area contributed by atoms with Gasteiger partial charge in [0.25, 0.3) is 0 Å². The number of hydrogen-bond acceptors (Lipinski definition) is 5. The number of nitrogens with zero attached hydrogens (tertiary/aromatic N) is 4. The summed E-state index contributed by atoms with van der Waals surface area (Å²) < 4.78 is 21.4. The minimum Gasteiger partial charge on any atom is -0.476 e. The zero-order valence-electron chi connectivity index (χ0n) is 13.5. The Morgan fingerprint density at radius 3 is 2.74 bits per heavy atom. The summed E-state index contributed by atoms with van der Waals surface area (Å²) in [6.45, 7) is 5.40. The van der Waals surface area contributed by atoms with Gasteiger partial charge in [0, 0.05) is 6.54 Å². The number of amides is 1. The molecular formula is C14H21FN4O4. The molecule has 1 atom stereocenters. The second kappa shape index (κ2) is 6.13. The Morgan fingerprint density at radius 1 is 1.48 bits per heavy atom. The Balaban J connectivity index is 2.03. The number of carboxylic acid groups (broad SMARTS) is 1. The fourth-order valence-electron chi connectivity index (χ4n) is 2.46. The van der Waals surface area contributed by atoms with E-state index in [1.165, 1.54) is 11.1 Å². The predicted octanol–water partition coefficient (Wildman–Crippen LogP) is 1.72. The Morgan fingerprint density at radius 2 is 2.17 bits per heavy atom. The third-order valence-electron chi connectivity index (χ3n) is 3.38. The van der Waals surface area contributed by atoms with Crippen LogP contribution >= 0.6 is 0 Å². The molecule has 0 aliphatic carbocycles. The highest BCUT2D eigenvalue weighted by Gasteiger charge is 2.39. The highest BCUT2D eigenvalue weighted by molar-refractivity contribution is 5.84. The van der Waals surface area contributed by atoms with Gasteiger partial charge in [-0.25, -0.2) is 18.7 Å². The van der Waals surface area contributed by atoms with Crippen LogP contribution in [0.4, 0.5) is 9.18 Å². The zero-order chi connectivity index (χ0) is 17.3. The molecular weight excluding hydrogens is 307 g/mol. The van der Waals surface area contributed by atoms with E-state index in [9.17, 15) is 9.59 Å². The number of rotatable bonds is 3. The van der Waals surface area contributed by atoms with E-state index in [4.69, 9.17) is 9.84 Å². The van der Waals surface area contributed by atoms with Gasteiger partial charge in [-0.2, -0.15) is 0 Å². The van der Waals surface area contributed by atoms with Crippen molar-refractivity contribution >= 4 is 12.1 Å². The number of halogens is 1. The van der Waals surface area contributed by atoms with Crippen molar-refractivity contribution in [1.29, 1.82) is 0 Å². The van der Waals surface area contributed by atoms with Crippen LogP contribution in [0.3, 0.4) is 0 Å². The first-order valence-electron chi connectivity index (χ1n) is 7.38. The van der Waals surface area contributed by atoms with Gasteiger partial charge in [-0.3, -0.25) is 0 Å². The molecule has 1 aromatic heterocycles. The van der Waals surface area contributed by atoms with Crippen molar-refractivity contribution in [2.45, 2.75) is 51.4 Å². The third kappa shape index (κ3) is 4.64. The summed E-state index contributed by atoms with van der Waals surface area (Å²) in [6.07, 6.45) is 1.38. The standard InChI is InChI=1S/C14H21FN4O4/c1-13(2,3)23-12(22)18-6-4-5-14(15,8-18)9-19-7-10(11(20)21)16-17-19/h7H,4-6,8-9H2,1-3H3,(H,20,21). The zero-order valence-corrected chi connectivity index (χ0v) is 13.5. The number of ether oxygens (including phenoxy) is 1. The second-order valence-electron chi connectivity index (χ2n) is 6.76. The van der Waals surface area contributed by atoms with Gasteiger partial charge in [0.15, 0.2) is 5.69 Å². The van der Waals surface area contributed by atoms with E-state index in [1.807, 2.05) is 0 Å². The molecule has 0 radical (unpaired) electrons. The van der Waals surface area contributed by atoms with Crippen LogP contribution in [0.1, 0.15) is 44.1 Å². The summed E-state index contributed by atoms with van der Waals surface area (Å²) in [5.74, 6) is -1.22. The average molecular weight is 328 g/mol. The maximum atomic E-state index is 15.0. The van der Waals surface area contributed by atoms with Crippen molar-refractivity contribution in [2.24, 2.45) is 0 Å². The summed E-state index contributed by atoms with van der Waals surface area (Å²) in [5, 5.41) is 15.9. The first-order chi connectivity index (χ1) is 10.6. The van der Waals surface area contributed by atoms with E-state index in [2.05, 4.69) is 10.3 Å². The van der Waals surface area contributed by atoms with Crippen LogP contribution in [-0.4, -0.2) is 61.4 Å². The number of hydrogen-bond donors (Lipinski definition) is 1. The Labute approximate surface area is 133 Å². The molecule has 1 N–H and O–H groups in total. The normalized spacial score (nSPS) is 22.0. The lowest BCUT2D eigenvalue weighted by Crippen LogP contribution is -2.51. The number of carbonyl (C=O) groups is 2. The fourth-order valence-corrected chi connectivity index (χ4v) is 2.46. The van der Waals surface area contributed by atoms with Crippen molar-refractivity contribution in [3.63, 3.8) is 0 Å². The molecule has 8 nitrogen and oxygen atoms in total. The molecule has 2 heterocycles. The van der Waals surface area contributed by atoms with Gasteiger partial charge in [0.1, 0.15) is 11.3 Å². The van der Waals surface area contributed by atoms with Gasteiger partial charge >= 0.3 is 12.1 Å². The molecule has 1 fully saturated rings. The van der Waals surface area contributed by atoms with Crippen molar-refractivity contribution in [3.8, 4) is 0 Å². The molecule has 2 rings (SSSR count). The number of carboxylic acids is 1. The Bertz CT molecular complexity index is 598. The molecule has 0 spiro atoms. The molecule has 1 aliphatic rings. The molecule has 0 bridgehead atoms. The Kier molecular flexibility index (Phi) is 4.58. The van der Waals surface area contributed by atoms with Crippen LogP contribution in [0.5, 0.6) is 0 Å². The predicted molar refractivity (Wildman–Crippen MR) is 77.9 cm³/mol. The molecule has 9 heteroatoms. The third-order valence-corrected chi connectivity index (χ3v) is 3.38. The second-order valence-corrected chi connectivity index (χ2v) is 6.76. The summed E-state index contributed by atoms with van der Waals surface area (Å²) in [7, 11) is 0. The lowest BCUT2D eigenvalue weighted by molar-refractivity contribution is -0.0111. The van der Waals surface area contributed by atoms with E-state index >= 15 is 4.39 Å². The van der Waals surface area contributed by atoms with Crippen LogP contribution in [0.15, 0.2) is 6.20 Å². The molecule has 1 amide bonds. The fraction of sp³-hybridized carbons (Fsp3) is 0.714. The first-order valence-corrected chi connectivity index (χ1v) is 7.38. The number of likely N-dealkylation sites (tertiary alicyclic amines) is 1. The summed E-state index contributed by atoms with van der Waals surface area (Å²) in [4.78, 5) is 24.2. The lowest BCUT2D eigenvalue weighted by atomic mass is 9.95. The van der Waals surface area contributed by atoms with Gasteiger partial charge in [0.2, 0.25) is 0 Å². The minimum atomic E-state index is -1.70. The average Bonchev–Trinajstić information content (AvgIpc) is 2.84. The van der Waals surface area contributed by atoms with E-state index < -0.39 is 23.3 Å². The largest absolute Gasteiger partial charge is 0.476 e. The van der Waals surface area contributed by atoms with E-state index in [-0.39, 0.29) is 25.2 Å². The van der Waals surface area contributed by atoms with E-state index in [0.717, 1.165) is 4.68 Å². The molecule has 0 aromatic carbocycles. The number of aromatic carboxylic acids is 1. The molecule has 1 aromatic rings. The lowest BCUT2D eigenvalue weighted by Gasteiger charge is -2.37.